The van der Waals surface area contributed by atoms with Gasteiger partial charge in [0.15, 0.2) is 5.82 Å². The van der Waals surface area contributed by atoms with Crippen molar-refractivity contribution in [2.24, 2.45) is 0 Å². The third-order valence-corrected chi connectivity index (χ3v) is 1.56. The van der Waals surface area contributed by atoms with Gasteiger partial charge in [-0.05, 0) is 12.1 Å². The SMILES string of the molecule is CS(=O)(=O)Nc1ccc(N)nn1. The van der Waals surface area contributed by atoms with Crippen LogP contribution in [0.15, 0.2) is 12.1 Å². The zero-order valence-corrected chi connectivity index (χ0v) is 7.17. The number of nitrogens with two attached hydrogens (primary N) is 1. The molecule has 3 N–H and O–H groups in total. The molecule has 0 saturated heterocycles. The van der Waals surface area contributed by atoms with Crippen molar-refractivity contribution < 1.29 is 8.42 Å². The fourth-order valence-electron chi connectivity index (χ4n) is 0.587. The first-order valence-corrected chi connectivity index (χ1v) is 4.93. The lowest BCUT2D eigenvalue weighted by molar-refractivity contribution is 0.606. The Morgan fingerprint density at radius 1 is 1.42 bits per heavy atom. The van der Waals surface area contributed by atoms with Crippen LogP contribution in [-0.2, 0) is 10.0 Å². The Kier molecular flexibility index (Phi) is 2.13. The maximum atomic E-state index is 10.7. The Labute approximate surface area is 69.9 Å². The molecule has 12 heavy (non-hydrogen) atoms. The third-order valence-electron chi connectivity index (χ3n) is 0.975. The topological polar surface area (TPSA) is 98.0 Å². The molecule has 6 nitrogen and oxygen atoms in total. The summed E-state index contributed by atoms with van der Waals surface area (Å²) in [7, 11) is -3.28. The van der Waals surface area contributed by atoms with Crippen LogP contribution in [0.4, 0.5) is 11.6 Å². The average Bonchev–Trinajstić information content (AvgIpc) is 1.91. The predicted molar refractivity (Wildman–Crippen MR) is 44.9 cm³/mol. The van der Waals surface area contributed by atoms with E-state index in [0.717, 1.165) is 6.26 Å². The Morgan fingerprint density at radius 3 is 2.50 bits per heavy atom. The highest BCUT2D eigenvalue weighted by Gasteiger charge is 2.01. The number of nitrogens with one attached hydrogen (secondary N) is 1. The standard InChI is InChI=1S/C5H8N4O2S/c1-12(10,11)9-5-3-2-4(6)7-8-5/h2-3H,1H3,(H2,6,7)(H,8,9). The van der Waals surface area contributed by atoms with E-state index in [4.69, 9.17) is 5.73 Å². The minimum atomic E-state index is -3.28. The number of rotatable bonds is 2. The fourth-order valence-corrected chi connectivity index (χ4v) is 1.08. The van der Waals surface area contributed by atoms with Crippen LogP contribution in [0.3, 0.4) is 0 Å². The van der Waals surface area contributed by atoms with Crippen LogP contribution in [0.1, 0.15) is 0 Å². The zero-order valence-electron chi connectivity index (χ0n) is 6.35. The van der Waals surface area contributed by atoms with Crippen molar-refractivity contribution in [3.8, 4) is 0 Å². The first-order chi connectivity index (χ1) is 5.47. The molecular weight excluding hydrogens is 180 g/mol. The molecule has 1 heterocycles. The molecule has 1 aromatic rings. The number of hydrogen-bond donors (Lipinski definition) is 2. The number of anilines is 2. The van der Waals surface area contributed by atoms with Gasteiger partial charge in [-0.1, -0.05) is 0 Å². The molecular formula is C5H8N4O2S. The predicted octanol–water partition coefficient (Wildman–Crippen LogP) is -0.570. The second-order valence-corrected chi connectivity index (χ2v) is 3.97. The molecule has 0 aliphatic rings. The summed E-state index contributed by atoms with van der Waals surface area (Å²) in [6.07, 6.45) is 1.03. The average molecular weight is 188 g/mol. The van der Waals surface area contributed by atoms with Crippen LogP contribution in [0.5, 0.6) is 0 Å². The van der Waals surface area contributed by atoms with E-state index in [1.165, 1.54) is 12.1 Å². The van der Waals surface area contributed by atoms with Gasteiger partial charge in [0.25, 0.3) is 0 Å². The van der Waals surface area contributed by atoms with Gasteiger partial charge in [0, 0.05) is 0 Å². The maximum absolute atomic E-state index is 10.7. The molecule has 1 aromatic heterocycles. The summed E-state index contributed by atoms with van der Waals surface area (Å²) in [5, 5.41) is 6.96. The number of nitrogens with zero attached hydrogens (tertiary/aromatic N) is 2. The van der Waals surface area contributed by atoms with Crippen LogP contribution >= 0.6 is 0 Å². The molecule has 0 aromatic carbocycles. The lowest BCUT2D eigenvalue weighted by atomic mass is 10.5. The molecule has 66 valence electrons. The van der Waals surface area contributed by atoms with Gasteiger partial charge >= 0.3 is 0 Å². The van der Waals surface area contributed by atoms with Gasteiger partial charge in [-0.2, -0.15) is 0 Å². The zero-order chi connectivity index (χ0) is 9.19. The van der Waals surface area contributed by atoms with Gasteiger partial charge in [-0.25, -0.2) is 8.42 Å². The first-order valence-electron chi connectivity index (χ1n) is 3.04. The summed E-state index contributed by atoms with van der Waals surface area (Å²) in [6.45, 7) is 0. The summed E-state index contributed by atoms with van der Waals surface area (Å²) >= 11 is 0. The molecule has 0 bridgehead atoms. The Bertz CT molecular complexity index is 358. The smallest absolute Gasteiger partial charge is 0.231 e. The van der Waals surface area contributed by atoms with Crippen molar-refractivity contribution in [3.63, 3.8) is 0 Å². The van der Waals surface area contributed by atoms with E-state index in [2.05, 4.69) is 14.9 Å². The minimum absolute atomic E-state index is 0.159. The van der Waals surface area contributed by atoms with Crippen LogP contribution in [0.25, 0.3) is 0 Å². The van der Waals surface area contributed by atoms with Crippen molar-refractivity contribution in [2.75, 3.05) is 16.7 Å². The second kappa shape index (κ2) is 2.94. The highest BCUT2D eigenvalue weighted by Crippen LogP contribution is 2.03. The van der Waals surface area contributed by atoms with Crippen molar-refractivity contribution >= 4 is 21.7 Å². The maximum Gasteiger partial charge on any atom is 0.231 e. The molecule has 0 spiro atoms. The molecule has 0 radical (unpaired) electrons. The van der Waals surface area contributed by atoms with E-state index in [1.807, 2.05) is 0 Å². The van der Waals surface area contributed by atoms with Gasteiger partial charge in [0.1, 0.15) is 5.82 Å². The summed E-state index contributed by atoms with van der Waals surface area (Å²) < 4.78 is 23.5. The molecule has 0 unspecified atom stereocenters. The Hall–Kier alpha value is -1.37. The van der Waals surface area contributed by atoms with Gasteiger partial charge < -0.3 is 5.73 Å². The van der Waals surface area contributed by atoms with E-state index in [0.29, 0.717) is 0 Å². The van der Waals surface area contributed by atoms with E-state index in [-0.39, 0.29) is 11.6 Å². The molecule has 0 fully saturated rings. The quantitative estimate of drug-likeness (QED) is 0.647. The second-order valence-electron chi connectivity index (χ2n) is 2.22. The summed E-state index contributed by atoms with van der Waals surface area (Å²) in [6, 6.07) is 2.89. The highest BCUT2D eigenvalue weighted by molar-refractivity contribution is 7.92. The first kappa shape index (κ1) is 8.72. The molecule has 1 rings (SSSR count). The number of sulfonamides is 1. The van der Waals surface area contributed by atoms with Gasteiger partial charge in [-0.15, -0.1) is 10.2 Å². The Morgan fingerprint density at radius 2 is 2.08 bits per heavy atom. The van der Waals surface area contributed by atoms with Crippen molar-refractivity contribution in [3.05, 3.63) is 12.1 Å². The molecule has 0 aliphatic heterocycles. The van der Waals surface area contributed by atoms with Crippen LogP contribution in [0.2, 0.25) is 0 Å². The van der Waals surface area contributed by atoms with E-state index in [9.17, 15) is 8.42 Å². The number of hydrogen-bond acceptors (Lipinski definition) is 5. The highest BCUT2D eigenvalue weighted by atomic mass is 32.2. The summed E-state index contributed by atoms with van der Waals surface area (Å²) in [5.41, 5.74) is 5.24. The van der Waals surface area contributed by atoms with Gasteiger partial charge in [-0.3, -0.25) is 4.72 Å². The molecule has 0 amide bonds. The summed E-state index contributed by atoms with van der Waals surface area (Å²) in [4.78, 5) is 0. The lowest BCUT2D eigenvalue weighted by Gasteiger charge is -2.00. The molecule has 0 aliphatic carbocycles. The number of nitrogen functional groups attached to an aromatic ring is 1. The molecule has 0 atom stereocenters. The van der Waals surface area contributed by atoms with Gasteiger partial charge in [0.2, 0.25) is 10.0 Å². The largest absolute Gasteiger partial charge is 0.382 e. The minimum Gasteiger partial charge on any atom is -0.382 e. The normalized spacial score (nSPS) is 11.1. The van der Waals surface area contributed by atoms with E-state index >= 15 is 0 Å². The summed E-state index contributed by atoms with van der Waals surface area (Å²) in [5.74, 6) is 0.403. The van der Waals surface area contributed by atoms with E-state index in [1.54, 1.807) is 0 Å². The van der Waals surface area contributed by atoms with Crippen molar-refractivity contribution in [1.29, 1.82) is 0 Å². The molecule has 0 saturated carbocycles. The van der Waals surface area contributed by atoms with Crippen LogP contribution in [-0.4, -0.2) is 24.9 Å². The van der Waals surface area contributed by atoms with E-state index < -0.39 is 10.0 Å². The van der Waals surface area contributed by atoms with Crippen LogP contribution < -0.4 is 10.5 Å². The van der Waals surface area contributed by atoms with Crippen LogP contribution in [0, 0.1) is 0 Å². The Balaban J connectivity index is 2.85. The lowest BCUT2D eigenvalue weighted by Crippen LogP contribution is -2.11. The monoisotopic (exact) mass is 188 g/mol. The van der Waals surface area contributed by atoms with Crippen molar-refractivity contribution in [2.45, 2.75) is 0 Å². The van der Waals surface area contributed by atoms with Gasteiger partial charge in [0.05, 0.1) is 6.26 Å². The number of aromatic nitrogens is 2. The van der Waals surface area contributed by atoms with Crippen molar-refractivity contribution in [1.82, 2.24) is 10.2 Å². The third kappa shape index (κ3) is 2.70. The fraction of sp³-hybridized carbons (Fsp3) is 0.200. The molecule has 7 heteroatoms.